The topological polar surface area (TPSA) is 23.5 Å². The Morgan fingerprint density at radius 1 is 1.06 bits per heavy atom. The highest BCUT2D eigenvalue weighted by Crippen LogP contribution is 2.40. The second-order valence-electron chi connectivity index (χ2n) is 4.85. The summed E-state index contributed by atoms with van der Waals surface area (Å²) < 4.78 is 0. The third-order valence-corrected chi connectivity index (χ3v) is 3.85. The largest absolute Gasteiger partial charge is 0.508 e. The normalized spacial score (nSPS) is 17.5. The molecule has 0 amide bonds. The maximum Gasteiger partial charge on any atom is 0.119 e. The summed E-state index contributed by atoms with van der Waals surface area (Å²) >= 11 is 0. The number of hydrogen-bond donors (Lipinski definition) is 1. The van der Waals surface area contributed by atoms with E-state index in [0.29, 0.717) is 11.8 Å². The van der Waals surface area contributed by atoms with E-state index < -0.39 is 0 Å². The predicted molar refractivity (Wildman–Crippen MR) is 74.0 cm³/mol. The molecule has 0 aliphatic heterocycles. The second-order valence-corrected chi connectivity index (χ2v) is 4.85. The Bertz CT molecular complexity index is 550. The van der Waals surface area contributed by atoms with Gasteiger partial charge in [-0.15, -0.1) is 0 Å². The van der Waals surface area contributed by atoms with Gasteiger partial charge in [0.1, 0.15) is 5.75 Å². The smallest absolute Gasteiger partial charge is 0.119 e. The highest BCUT2D eigenvalue weighted by Gasteiger charge is 2.27. The van der Waals surface area contributed by atoms with Crippen LogP contribution in [0.15, 0.2) is 48.5 Å². The van der Waals surface area contributed by atoms with E-state index in [9.17, 15) is 5.11 Å². The van der Waals surface area contributed by atoms with Gasteiger partial charge in [-0.25, -0.2) is 0 Å². The predicted octanol–water partition coefficient (Wildman–Crippen LogP) is 3.52. The lowest BCUT2D eigenvalue weighted by atomic mass is 10.1. The molecule has 2 heteroatoms. The van der Waals surface area contributed by atoms with Crippen molar-refractivity contribution in [3.8, 4) is 5.75 Å². The van der Waals surface area contributed by atoms with Gasteiger partial charge in [-0.1, -0.05) is 30.3 Å². The Morgan fingerprint density at radius 2 is 1.83 bits per heavy atom. The number of anilines is 1. The van der Waals surface area contributed by atoms with Crippen molar-refractivity contribution in [2.45, 2.75) is 18.9 Å². The third kappa shape index (κ3) is 1.74. The molecule has 2 aromatic carbocycles. The van der Waals surface area contributed by atoms with Gasteiger partial charge in [0.15, 0.2) is 0 Å². The van der Waals surface area contributed by atoms with Crippen LogP contribution in [-0.2, 0) is 6.42 Å². The molecule has 3 rings (SSSR count). The molecular formula is C16H17NO. The van der Waals surface area contributed by atoms with Crippen LogP contribution >= 0.6 is 0 Å². The average molecular weight is 239 g/mol. The van der Waals surface area contributed by atoms with Crippen molar-refractivity contribution in [3.63, 3.8) is 0 Å². The molecule has 1 aliphatic rings. The van der Waals surface area contributed by atoms with Crippen molar-refractivity contribution in [1.29, 1.82) is 0 Å². The summed E-state index contributed by atoms with van der Waals surface area (Å²) in [5.41, 5.74) is 3.60. The molecular weight excluding hydrogens is 222 g/mol. The monoisotopic (exact) mass is 239 g/mol. The minimum absolute atomic E-state index is 0.370. The number of rotatable bonds is 2. The third-order valence-electron chi connectivity index (χ3n) is 3.85. The van der Waals surface area contributed by atoms with Gasteiger partial charge >= 0.3 is 0 Å². The first-order valence-electron chi connectivity index (χ1n) is 6.36. The maximum atomic E-state index is 9.88. The van der Waals surface area contributed by atoms with Crippen LogP contribution in [0.25, 0.3) is 0 Å². The summed E-state index contributed by atoms with van der Waals surface area (Å²) in [4.78, 5) is 2.30. The Labute approximate surface area is 107 Å². The van der Waals surface area contributed by atoms with E-state index in [1.165, 1.54) is 11.3 Å². The van der Waals surface area contributed by atoms with Gasteiger partial charge in [-0.3, -0.25) is 0 Å². The minimum atomic E-state index is 0.370. The number of phenolic OH excluding ortho intramolecular Hbond substituents is 1. The molecule has 0 saturated carbocycles. The Balaban J connectivity index is 1.95. The van der Waals surface area contributed by atoms with E-state index in [1.54, 1.807) is 6.07 Å². The highest BCUT2D eigenvalue weighted by atomic mass is 16.3. The number of aromatic hydroxyl groups is 1. The first-order chi connectivity index (χ1) is 8.77. The number of fused-ring (bicyclic) bond motifs is 1. The quantitative estimate of drug-likeness (QED) is 0.866. The van der Waals surface area contributed by atoms with Crippen molar-refractivity contribution < 1.29 is 5.11 Å². The average Bonchev–Trinajstić information content (AvgIpc) is 2.84. The summed E-state index contributed by atoms with van der Waals surface area (Å²) in [6.45, 7) is 0. The molecule has 2 nitrogen and oxygen atoms in total. The number of benzene rings is 2. The van der Waals surface area contributed by atoms with Gasteiger partial charge < -0.3 is 10.0 Å². The van der Waals surface area contributed by atoms with Gasteiger partial charge in [0.05, 0.1) is 6.04 Å². The van der Waals surface area contributed by atoms with Crippen LogP contribution in [0.4, 0.5) is 5.69 Å². The molecule has 0 saturated heterocycles. The number of para-hydroxylation sites is 1. The van der Waals surface area contributed by atoms with E-state index in [1.807, 2.05) is 12.1 Å². The molecule has 0 aromatic heterocycles. The van der Waals surface area contributed by atoms with Crippen LogP contribution in [0.5, 0.6) is 5.75 Å². The van der Waals surface area contributed by atoms with Gasteiger partial charge in [-0.2, -0.15) is 0 Å². The van der Waals surface area contributed by atoms with Crippen LogP contribution in [0.2, 0.25) is 0 Å². The van der Waals surface area contributed by atoms with Crippen LogP contribution in [0.1, 0.15) is 23.6 Å². The van der Waals surface area contributed by atoms with Gasteiger partial charge in [0.25, 0.3) is 0 Å². The molecule has 0 fully saturated rings. The summed E-state index contributed by atoms with van der Waals surface area (Å²) in [6, 6.07) is 16.6. The van der Waals surface area contributed by atoms with Crippen molar-refractivity contribution >= 4 is 5.69 Å². The van der Waals surface area contributed by atoms with Crippen LogP contribution in [0, 0.1) is 0 Å². The van der Waals surface area contributed by atoms with Crippen molar-refractivity contribution in [1.82, 2.24) is 0 Å². The minimum Gasteiger partial charge on any atom is -0.508 e. The maximum absolute atomic E-state index is 9.88. The Kier molecular flexibility index (Phi) is 2.71. The fourth-order valence-corrected chi connectivity index (χ4v) is 2.86. The first kappa shape index (κ1) is 11.1. The van der Waals surface area contributed by atoms with E-state index in [0.717, 1.165) is 18.4 Å². The molecule has 0 bridgehead atoms. The number of nitrogens with zero attached hydrogens (tertiary/aromatic N) is 1. The zero-order valence-corrected chi connectivity index (χ0v) is 10.5. The molecule has 1 N–H and O–H groups in total. The second kappa shape index (κ2) is 4.37. The lowest BCUT2D eigenvalue weighted by molar-refractivity contribution is 0.469. The standard InChI is InChI=1S/C16H17NO/c1-17(12-6-3-2-4-7-12)15-11-10-14-13(15)8-5-9-16(14)18/h2-9,15,18H,10-11H2,1H3. The summed E-state index contributed by atoms with van der Waals surface area (Å²) in [5, 5.41) is 9.88. The lowest BCUT2D eigenvalue weighted by Gasteiger charge is -2.27. The molecule has 1 aliphatic carbocycles. The molecule has 0 radical (unpaired) electrons. The summed E-state index contributed by atoms with van der Waals surface area (Å²) in [6.07, 6.45) is 2.03. The van der Waals surface area contributed by atoms with E-state index in [-0.39, 0.29) is 0 Å². The van der Waals surface area contributed by atoms with Crippen molar-refractivity contribution in [2.24, 2.45) is 0 Å². The molecule has 18 heavy (non-hydrogen) atoms. The highest BCUT2D eigenvalue weighted by molar-refractivity contribution is 5.52. The molecule has 1 atom stereocenters. The fraction of sp³-hybridized carbons (Fsp3) is 0.250. The van der Waals surface area contributed by atoms with Crippen LogP contribution in [-0.4, -0.2) is 12.2 Å². The Hall–Kier alpha value is -1.96. The zero-order chi connectivity index (χ0) is 12.5. The van der Waals surface area contributed by atoms with E-state index in [4.69, 9.17) is 0 Å². The zero-order valence-electron chi connectivity index (χ0n) is 10.5. The Morgan fingerprint density at radius 3 is 2.61 bits per heavy atom. The van der Waals surface area contributed by atoms with Gasteiger partial charge in [-0.05, 0) is 42.2 Å². The van der Waals surface area contributed by atoms with Gasteiger partial charge in [0.2, 0.25) is 0 Å². The van der Waals surface area contributed by atoms with E-state index >= 15 is 0 Å². The van der Waals surface area contributed by atoms with Gasteiger partial charge in [0, 0.05) is 12.7 Å². The van der Waals surface area contributed by atoms with Crippen LogP contribution in [0.3, 0.4) is 0 Å². The van der Waals surface area contributed by atoms with Crippen LogP contribution < -0.4 is 4.90 Å². The molecule has 0 spiro atoms. The van der Waals surface area contributed by atoms with Crippen molar-refractivity contribution in [3.05, 3.63) is 59.7 Å². The fourth-order valence-electron chi connectivity index (χ4n) is 2.86. The molecule has 92 valence electrons. The molecule has 0 heterocycles. The molecule has 1 unspecified atom stereocenters. The number of hydrogen-bond acceptors (Lipinski definition) is 2. The molecule has 2 aromatic rings. The first-order valence-corrected chi connectivity index (χ1v) is 6.36. The summed E-state index contributed by atoms with van der Waals surface area (Å²) in [7, 11) is 2.12. The number of phenols is 1. The SMILES string of the molecule is CN(c1ccccc1)C1CCc2c(O)cccc21. The lowest BCUT2D eigenvalue weighted by Crippen LogP contribution is -2.21. The van der Waals surface area contributed by atoms with Crippen molar-refractivity contribution in [2.75, 3.05) is 11.9 Å². The van der Waals surface area contributed by atoms with E-state index in [2.05, 4.69) is 42.3 Å². The summed E-state index contributed by atoms with van der Waals surface area (Å²) in [5.74, 6) is 0.441.